The maximum Gasteiger partial charge on any atom is 0.0558 e. The van der Waals surface area contributed by atoms with E-state index in [1.807, 2.05) is 0 Å². The summed E-state index contributed by atoms with van der Waals surface area (Å²) in [5, 5.41) is 8.86. The molecule has 0 aliphatic carbocycles. The summed E-state index contributed by atoms with van der Waals surface area (Å²) in [5.74, 6) is 0. The molecule has 4 heteroatoms. The Kier molecular flexibility index (Phi) is 5.69. The van der Waals surface area contributed by atoms with E-state index in [0.717, 1.165) is 45.8 Å². The molecule has 0 saturated carbocycles. The Morgan fingerprint density at radius 3 is 2.00 bits per heavy atom. The zero-order valence-electron chi connectivity index (χ0n) is 10.8. The van der Waals surface area contributed by atoms with Gasteiger partial charge in [-0.15, -0.1) is 0 Å². The number of nitrogens with two attached hydrogens (primary N) is 1. The summed E-state index contributed by atoms with van der Waals surface area (Å²) in [6.07, 6.45) is 1.17. The van der Waals surface area contributed by atoms with E-state index < -0.39 is 0 Å². The molecule has 1 saturated heterocycles. The fourth-order valence-electron chi connectivity index (χ4n) is 1.94. The van der Waals surface area contributed by atoms with Crippen molar-refractivity contribution in [3.63, 3.8) is 0 Å². The standard InChI is InChI=1S/C12H27N3O/c1-12(2,11-13)3-4-14-5-7-15(8-6-14)9-10-16/h16H,3-11,13H2,1-2H3. The van der Waals surface area contributed by atoms with Crippen LogP contribution in [-0.2, 0) is 0 Å². The second-order valence-electron chi connectivity index (χ2n) is 5.53. The highest BCUT2D eigenvalue weighted by atomic mass is 16.3. The zero-order chi connectivity index (χ0) is 12.0. The van der Waals surface area contributed by atoms with Crippen molar-refractivity contribution in [1.29, 1.82) is 0 Å². The molecule has 1 rings (SSSR count). The monoisotopic (exact) mass is 229 g/mol. The highest BCUT2D eigenvalue weighted by molar-refractivity contribution is 4.76. The van der Waals surface area contributed by atoms with E-state index >= 15 is 0 Å². The molecule has 1 heterocycles. The topological polar surface area (TPSA) is 52.7 Å². The fraction of sp³-hybridized carbons (Fsp3) is 1.00. The zero-order valence-corrected chi connectivity index (χ0v) is 10.8. The first-order chi connectivity index (χ1) is 7.57. The number of aliphatic hydroxyl groups excluding tert-OH is 1. The van der Waals surface area contributed by atoms with Crippen LogP contribution in [0.15, 0.2) is 0 Å². The van der Waals surface area contributed by atoms with Gasteiger partial charge < -0.3 is 15.7 Å². The van der Waals surface area contributed by atoms with Crippen LogP contribution >= 0.6 is 0 Å². The lowest BCUT2D eigenvalue weighted by molar-refractivity contribution is 0.104. The van der Waals surface area contributed by atoms with Crippen LogP contribution in [0, 0.1) is 5.41 Å². The predicted molar refractivity (Wildman–Crippen MR) is 67.4 cm³/mol. The van der Waals surface area contributed by atoms with Gasteiger partial charge >= 0.3 is 0 Å². The van der Waals surface area contributed by atoms with E-state index in [2.05, 4.69) is 23.6 Å². The van der Waals surface area contributed by atoms with Crippen molar-refractivity contribution >= 4 is 0 Å². The molecule has 1 fully saturated rings. The lowest BCUT2D eigenvalue weighted by atomic mass is 9.89. The van der Waals surface area contributed by atoms with Crippen LogP contribution in [0.2, 0.25) is 0 Å². The van der Waals surface area contributed by atoms with E-state index in [4.69, 9.17) is 10.8 Å². The maximum atomic E-state index is 8.86. The highest BCUT2D eigenvalue weighted by Crippen LogP contribution is 2.18. The quantitative estimate of drug-likeness (QED) is 0.672. The van der Waals surface area contributed by atoms with Gasteiger partial charge in [-0.3, -0.25) is 4.90 Å². The Morgan fingerprint density at radius 1 is 1.06 bits per heavy atom. The van der Waals surface area contributed by atoms with Gasteiger partial charge in [0.15, 0.2) is 0 Å². The molecule has 0 aromatic heterocycles. The summed E-state index contributed by atoms with van der Waals surface area (Å²) >= 11 is 0. The Labute approximate surface area is 99.4 Å². The second-order valence-corrected chi connectivity index (χ2v) is 5.53. The van der Waals surface area contributed by atoms with Crippen molar-refractivity contribution in [3.8, 4) is 0 Å². The molecule has 1 aliphatic heterocycles. The minimum atomic E-state index is 0.266. The molecular formula is C12H27N3O. The van der Waals surface area contributed by atoms with Gasteiger partial charge in [-0.1, -0.05) is 13.8 Å². The van der Waals surface area contributed by atoms with Crippen molar-refractivity contribution < 1.29 is 5.11 Å². The molecule has 1 aliphatic rings. The van der Waals surface area contributed by atoms with Crippen LogP contribution in [0.5, 0.6) is 0 Å². The third kappa shape index (κ3) is 4.78. The minimum Gasteiger partial charge on any atom is -0.395 e. The summed E-state index contributed by atoms with van der Waals surface area (Å²) in [4.78, 5) is 4.83. The number of aliphatic hydroxyl groups is 1. The summed E-state index contributed by atoms with van der Waals surface area (Å²) in [6.45, 7) is 11.9. The maximum absolute atomic E-state index is 8.86. The SMILES string of the molecule is CC(C)(CN)CCN1CCN(CCO)CC1. The van der Waals surface area contributed by atoms with Crippen LogP contribution in [0.1, 0.15) is 20.3 Å². The van der Waals surface area contributed by atoms with Crippen molar-refractivity contribution in [2.45, 2.75) is 20.3 Å². The summed E-state index contributed by atoms with van der Waals surface area (Å²) in [7, 11) is 0. The van der Waals surface area contributed by atoms with Gasteiger partial charge in [0.25, 0.3) is 0 Å². The third-order valence-electron chi connectivity index (χ3n) is 3.54. The number of β-amino-alcohol motifs (C(OH)–C–C–N with tert-alkyl or cyclic N) is 1. The first-order valence-corrected chi connectivity index (χ1v) is 6.33. The van der Waals surface area contributed by atoms with Gasteiger partial charge in [0.05, 0.1) is 6.61 Å². The average Bonchev–Trinajstić information content (AvgIpc) is 2.29. The third-order valence-corrected chi connectivity index (χ3v) is 3.54. The van der Waals surface area contributed by atoms with Gasteiger partial charge in [0.2, 0.25) is 0 Å². The number of nitrogens with zero attached hydrogens (tertiary/aromatic N) is 2. The fourth-order valence-corrected chi connectivity index (χ4v) is 1.94. The minimum absolute atomic E-state index is 0.266. The van der Waals surface area contributed by atoms with Gasteiger partial charge in [-0.2, -0.15) is 0 Å². The van der Waals surface area contributed by atoms with Gasteiger partial charge in [0, 0.05) is 32.7 Å². The van der Waals surface area contributed by atoms with Crippen LogP contribution in [0.25, 0.3) is 0 Å². The van der Waals surface area contributed by atoms with Gasteiger partial charge in [0.1, 0.15) is 0 Å². The first kappa shape index (κ1) is 13.9. The average molecular weight is 229 g/mol. The van der Waals surface area contributed by atoms with Crippen LogP contribution in [0.4, 0.5) is 0 Å². The van der Waals surface area contributed by atoms with E-state index in [-0.39, 0.29) is 12.0 Å². The molecule has 0 spiro atoms. The molecule has 16 heavy (non-hydrogen) atoms. The molecule has 4 nitrogen and oxygen atoms in total. The van der Waals surface area contributed by atoms with Crippen LogP contribution < -0.4 is 5.73 Å². The number of piperazine rings is 1. The van der Waals surface area contributed by atoms with E-state index in [1.54, 1.807) is 0 Å². The number of hydrogen-bond donors (Lipinski definition) is 2. The lowest BCUT2D eigenvalue weighted by Gasteiger charge is -2.36. The normalized spacial score (nSPS) is 20.2. The highest BCUT2D eigenvalue weighted by Gasteiger charge is 2.20. The van der Waals surface area contributed by atoms with Crippen molar-refractivity contribution in [2.24, 2.45) is 11.1 Å². The van der Waals surface area contributed by atoms with E-state index in [0.29, 0.717) is 0 Å². The van der Waals surface area contributed by atoms with Crippen LogP contribution in [-0.4, -0.2) is 67.3 Å². The van der Waals surface area contributed by atoms with Crippen LogP contribution in [0.3, 0.4) is 0 Å². The molecule has 3 N–H and O–H groups in total. The molecule has 0 unspecified atom stereocenters. The predicted octanol–water partition coefficient (Wildman–Crippen LogP) is -0.0287. The number of hydrogen-bond acceptors (Lipinski definition) is 4. The Hall–Kier alpha value is -0.160. The molecule has 0 radical (unpaired) electrons. The molecule has 0 aromatic carbocycles. The lowest BCUT2D eigenvalue weighted by Crippen LogP contribution is -2.48. The molecule has 0 atom stereocenters. The summed E-state index contributed by atoms with van der Waals surface area (Å²) in [5.41, 5.74) is 6.00. The van der Waals surface area contributed by atoms with Crippen molar-refractivity contribution in [3.05, 3.63) is 0 Å². The summed E-state index contributed by atoms with van der Waals surface area (Å²) in [6, 6.07) is 0. The van der Waals surface area contributed by atoms with Crippen molar-refractivity contribution in [2.75, 3.05) is 52.4 Å². The van der Waals surface area contributed by atoms with E-state index in [9.17, 15) is 0 Å². The number of rotatable bonds is 6. The van der Waals surface area contributed by atoms with E-state index in [1.165, 1.54) is 6.42 Å². The first-order valence-electron chi connectivity index (χ1n) is 6.33. The van der Waals surface area contributed by atoms with Gasteiger partial charge in [-0.25, -0.2) is 0 Å². The Bertz CT molecular complexity index is 189. The van der Waals surface area contributed by atoms with Crippen molar-refractivity contribution in [1.82, 2.24) is 9.80 Å². The molecular weight excluding hydrogens is 202 g/mol. The molecule has 96 valence electrons. The molecule has 0 bridgehead atoms. The van der Waals surface area contributed by atoms with Gasteiger partial charge in [-0.05, 0) is 24.9 Å². The summed E-state index contributed by atoms with van der Waals surface area (Å²) < 4.78 is 0. The molecule has 0 aromatic rings. The largest absolute Gasteiger partial charge is 0.395 e. The smallest absolute Gasteiger partial charge is 0.0558 e. The second kappa shape index (κ2) is 6.55. The molecule has 0 amide bonds. The Morgan fingerprint density at radius 2 is 1.56 bits per heavy atom. The Balaban J connectivity index is 2.17.